The van der Waals surface area contributed by atoms with Crippen molar-refractivity contribution in [2.75, 3.05) is 33.2 Å². The van der Waals surface area contributed by atoms with Gasteiger partial charge in [0.1, 0.15) is 0 Å². The second kappa shape index (κ2) is 10.7. The minimum atomic E-state index is 0. The van der Waals surface area contributed by atoms with Crippen molar-refractivity contribution < 1.29 is 0 Å². The maximum Gasteiger partial charge on any atom is 0.191 e. The molecule has 3 rings (SSSR count). The molecule has 1 unspecified atom stereocenters. The van der Waals surface area contributed by atoms with Crippen LogP contribution in [0.4, 0.5) is 0 Å². The molecule has 2 saturated carbocycles. The van der Waals surface area contributed by atoms with Crippen LogP contribution < -0.4 is 10.6 Å². The summed E-state index contributed by atoms with van der Waals surface area (Å²) in [5.41, 5.74) is 0. The second-order valence-electron chi connectivity index (χ2n) is 7.44. The molecule has 6 heteroatoms. The van der Waals surface area contributed by atoms with Gasteiger partial charge in [-0.15, -0.1) is 35.3 Å². The monoisotopic (exact) mass is 476 g/mol. The van der Waals surface area contributed by atoms with E-state index in [4.69, 9.17) is 0 Å². The summed E-state index contributed by atoms with van der Waals surface area (Å²) in [6.45, 7) is 6.71. The SMILES string of the molecule is CN=C(NCCN(CC1CC1)C1CC1)NCC(C)Cc1cccs1.I. The number of rotatable bonds is 10. The molecule has 2 fully saturated rings. The summed E-state index contributed by atoms with van der Waals surface area (Å²) in [5, 5.41) is 9.12. The first kappa shape index (κ1) is 21.0. The smallest absolute Gasteiger partial charge is 0.191 e. The Balaban J connectivity index is 0.00000225. The largest absolute Gasteiger partial charge is 0.356 e. The van der Waals surface area contributed by atoms with Crippen molar-refractivity contribution in [3.05, 3.63) is 22.4 Å². The first-order valence-electron chi connectivity index (χ1n) is 9.45. The van der Waals surface area contributed by atoms with E-state index in [1.807, 2.05) is 18.4 Å². The Bertz CT molecular complexity index is 512. The zero-order chi connectivity index (χ0) is 16.8. The lowest BCUT2D eigenvalue weighted by Crippen LogP contribution is -2.43. The Kier molecular flexibility index (Phi) is 8.99. The predicted molar refractivity (Wildman–Crippen MR) is 119 cm³/mol. The molecule has 25 heavy (non-hydrogen) atoms. The summed E-state index contributed by atoms with van der Waals surface area (Å²) in [6, 6.07) is 5.22. The quantitative estimate of drug-likeness (QED) is 0.308. The number of guanidine groups is 1. The van der Waals surface area contributed by atoms with Crippen molar-refractivity contribution in [1.29, 1.82) is 0 Å². The molecule has 1 atom stereocenters. The van der Waals surface area contributed by atoms with E-state index in [0.29, 0.717) is 5.92 Å². The van der Waals surface area contributed by atoms with Crippen molar-refractivity contribution in [2.24, 2.45) is 16.8 Å². The van der Waals surface area contributed by atoms with Crippen LogP contribution in [0.25, 0.3) is 0 Å². The lowest BCUT2D eigenvalue weighted by atomic mass is 10.1. The van der Waals surface area contributed by atoms with Crippen LogP contribution in [0.2, 0.25) is 0 Å². The average molecular weight is 476 g/mol. The average Bonchev–Trinajstić information content (AvgIpc) is 3.50. The van der Waals surface area contributed by atoms with Gasteiger partial charge in [0.2, 0.25) is 0 Å². The third-order valence-corrected chi connectivity index (χ3v) is 5.81. The minimum absolute atomic E-state index is 0. The molecule has 0 bridgehead atoms. The van der Waals surface area contributed by atoms with Crippen molar-refractivity contribution >= 4 is 41.3 Å². The molecule has 0 spiro atoms. The molecule has 0 radical (unpaired) electrons. The van der Waals surface area contributed by atoms with E-state index in [9.17, 15) is 0 Å². The predicted octanol–water partition coefficient (Wildman–Crippen LogP) is 3.58. The van der Waals surface area contributed by atoms with Gasteiger partial charge in [-0.1, -0.05) is 13.0 Å². The van der Waals surface area contributed by atoms with Gasteiger partial charge in [-0.05, 0) is 55.4 Å². The maximum absolute atomic E-state index is 4.37. The number of aliphatic imine (C=N–C) groups is 1. The van der Waals surface area contributed by atoms with Gasteiger partial charge >= 0.3 is 0 Å². The van der Waals surface area contributed by atoms with Gasteiger partial charge in [0.25, 0.3) is 0 Å². The third kappa shape index (κ3) is 7.83. The first-order chi connectivity index (χ1) is 11.7. The molecule has 2 aliphatic carbocycles. The number of thiophene rings is 1. The Morgan fingerprint density at radius 2 is 2.12 bits per heavy atom. The van der Waals surface area contributed by atoms with Gasteiger partial charge in [0.15, 0.2) is 5.96 Å². The van der Waals surface area contributed by atoms with Crippen LogP contribution >= 0.6 is 35.3 Å². The standard InChI is InChI=1S/C19H32N4S.HI/c1-15(12-18-4-3-11-24-18)13-22-19(20-2)21-9-10-23(17-7-8-17)14-16-5-6-16;/h3-4,11,15-17H,5-10,12-14H2,1-2H3,(H2,20,21,22);1H. The highest BCUT2D eigenvalue weighted by atomic mass is 127. The molecule has 1 heterocycles. The number of halogens is 1. The van der Waals surface area contributed by atoms with Crippen LogP contribution in [0.15, 0.2) is 22.5 Å². The lowest BCUT2D eigenvalue weighted by molar-refractivity contribution is 0.256. The summed E-state index contributed by atoms with van der Waals surface area (Å²) in [6.07, 6.45) is 6.84. The van der Waals surface area contributed by atoms with Crippen LogP contribution in [0.5, 0.6) is 0 Å². The second-order valence-corrected chi connectivity index (χ2v) is 8.47. The van der Waals surface area contributed by atoms with Crippen LogP contribution in [0, 0.1) is 11.8 Å². The van der Waals surface area contributed by atoms with Crippen LogP contribution in [0.1, 0.15) is 37.5 Å². The Labute approximate surface area is 173 Å². The molecule has 1 aromatic heterocycles. The van der Waals surface area contributed by atoms with Crippen LogP contribution in [-0.4, -0.2) is 50.1 Å². The van der Waals surface area contributed by atoms with Crippen LogP contribution in [0.3, 0.4) is 0 Å². The van der Waals surface area contributed by atoms with E-state index < -0.39 is 0 Å². The molecule has 4 nitrogen and oxygen atoms in total. The van der Waals surface area contributed by atoms with Gasteiger partial charge < -0.3 is 10.6 Å². The van der Waals surface area contributed by atoms with Crippen LogP contribution in [-0.2, 0) is 6.42 Å². The summed E-state index contributed by atoms with van der Waals surface area (Å²) in [5.74, 6) is 2.54. The van der Waals surface area contributed by atoms with E-state index in [1.54, 1.807) is 0 Å². The van der Waals surface area contributed by atoms with E-state index in [1.165, 1.54) is 37.1 Å². The molecule has 2 aliphatic rings. The number of hydrogen-bond donors (Lipinski definition) is 2. The highest BCUT2D eigenvalue weighted by Gasteiger charge is 2.33. The van der Waals surface area contributed by atoms with Gasteiger partial charge in [-0.3, -0.25) is 9.89 Å². The Morgan fingerprint density at radius 3 is 2.72 bits per heavy atom. The van der Waals surface area contributed by atoms with Gasteiger partial charge in [-0.2, -0.15) is 0 Å². The maximum atomic E-state index is 4.37. The summed E-state index contributed by atoms with van der Waals surface area (Å²) in [7, 11) is 1.86. The minimum Gasteiger partial charge on any atom is -0.356 e. The fourth-order valence-electron chi connectivity index (χ4n) is 3.15. The summed E-state index contributed by atoms with van der Waals surface area (Å²) >= 11 is 1.85. The Hall–Kier alpha value is -0.340. The van der Waals surface area contributed by atoms with E-state index in [0.717, 1.165) is 44.0 Å². The molecular formula is C19H33IN4S. The summed E-state index contributed by atoms with van der Waals surface area (Å²) in [4.78, 5) is 8.52. The van der Waals surface area contributed by atoms with Crippen molar-refractivity contribution in [1.82, 2.24) is 15.5 Å². The Morgan fingerprint density at radius 1 is 1.32 bits per heavy atom. The number of hydrogen-bond acceptors (Lipinski definition) is 3. The molecule has 2 N–H and O–H groups in total. The molecule has 1 aromatic rings. The molecule has 0 aliphatic heterocycles. The topological polar surface area (TPSA) is 39.7 Å². The fraction of sp³-hybridized carbons (Fsp3) is 0.737. The fourth-order valence-corrected chi connectivity index (χ4v) is 4.02. The molecule has 0 saturated heterocycles. The lowest BCUT2D eigenvalue weighted by Gasteiger charge is -2.23. The highest BCUT2D eigenvalue weighted by Crippen LogP contribution is 2.34. The van der Waals surface area contributed by atoms with Crippen molar-refractivity contribution in [2.45, 2.75) is 45.1 Å². The van der Waals surface area contributed by atoms with E-state index in [2.05, 4.69) is 45.0 Å². The molecule has 142 valence electrons. The number of nitrogens with one attached hydrogen (secondary N) is 2. The number of nitrogens with zero attached hydrogens (tertiary/aromatic N) is 2. The van der Waals surface area contributed by atoms with Gasteiger partial charge in [0.05, 0.1) is 0 Å². The van der Waals surface area contributed by atoms with E-state index >= 15 is 0 Å². The molecular weight excluding hydrogens is 443 g/mol. The highest BCUT2D eigenvalue weighted by molar-refractivity contribution is 14.0. The third-order valence-electron chi connectivity index (χ3n) is 4.92. The van der Waals surface area contributed by atoms with Crippen molar-refractivity contribution in [3.63, 3.8) is 0 Å². The van der Waals surface area contributed by atoms with E-state index in [-0.39, 0.29) is 24.0 Å². The van der Waals surface area contributed by atoms with Crippen molar-refractivity contribution in [3.8, 4) is 0 Å². The van der Waals surface area contributed by atoms with Gasteiger partial charge in [0, 0.05) is 44.1 Å². The molecule has 0 amide bonds. The normalized spacial score (nSPS) is 18.8. The summed E-state index contributed by atoms with van der Waals surface area (Å²) < 4.78 is 0. The first-order valence-corrected chi connectivity index (χ1v) is 10.3. The molecule has 0 aromatic carbocycles. The van der Waals surface area contributed by atoms with Gasteiger partial charge in [-0.25, -0.2) is 0 Å². The zero-order valence-electron chi connectivity index (χ0n) is 15.5. The zero-order valence-corrected chi connectivity index (χ0v) is 18.7.